The Morgan fingerprint density at radius 1 is 0.534 bits per heavy atom. The summed E-state index contributed by atoms with van der Waals surface area (Å²) in [5.74, 6) is -0.339. The summed E-state index contributed by atoms with van der Waals surface area (Å²) in [5, 5.41) is 0. The zero-order chi connectivity index (χ0) is 42.7. The smallest absolute Gasteiger partial charge is 0.306 e. The molecule has 342 valence electrons. The maximum Gasteiger partial charge on any atom is 0.306 e. The van der Waals surface area contributed by atoms with Crippen molar-refractivity contribution in [2.24, 2.45) is 0 Å². The molecule has 0 aliphatic heterocycles. The van der Waals surface area contributed by atoms with Crippen molar-refractivity contribution in [2.45, 2.75) is 219 Å². The van der Waals surface area contributed by atoms with Crippen LogP contribution in [0.1, 0.15) is 213 Å². The van der Waals surface area contributed by atoms with E-state index in [-0.39, 0.29) is 25.8 Å². The zero-order valence-electron chi connectivity index (χ0n) is 38.7. The van der Waals surface area contributed by atoms with Crippen LogP contribution in [0.4, 0.5) is 0 Å². The fourth-order valence-corrected chi connectivity index (χ4v) is 7.36. The maximum atomic E-state index is 12.7. The Labute approximate surface area is 359 Å². The summed E-state index contributed by atoms with van der Waals surface area (Å²) >= 11 is 0. The van der Waals surface area contributed by atoms with Crippen LogP contribution in [-0.4, -0.2) is 70.7 Å². The molecule has 8 nitrogen and oxygen atoms in total. The number of phosphoric ester groups is 1. The highest BCUT2D eigenvalue weighted by Gasteiger charge is 2.20. The van der Waals surface area contributed by atoms with Crippen molar-refractivity contribution in [2.75, 3.05) is 54.1 Å². The van der Waals surface area contributed by atoms with Gasteiger partial charge in [0.1, 0.15) is 19.3 Å². The van der Waals surface area contributed by atoms with Gasteiger partial charge >= 0.3 is 5.97 Å². The fraction of sp³-hybridized carbons (Fsp3) is 0.857. The molecule has 0 aromatic carbocycles. The monoisotopic (exact) mass is 840 g/mol. The Bertz CT molecular complexity index is 1020. The summed E-state index contributed by atoms with van der Waals surface area (Å²) in [6, 6.07) is 0. The molecule has 0 saturated carbocycles. The predicted molar refractivity (Wildman–Crippen MR) is 245 cm³/mol. The van der Waals surface area contributed by atoms with Crippen molar-refractivity contribution in [1.29, 1.82) is 0 Å². The van der Waals surface area contributed by atoms with Gasteiger partial charge in [-0.25, -0.2) is 0 Å². The van der Waals surface area contributed by atoms with E-state index < -0.39 is 13.9 Å². The molecule has 2 unspecified atom stereocenters. The van der Waals surface area contributed by atoms with E-state index in [9.17, 15) is 14.3 Å². The van der Waals surface area contributed by atoms with Gasteiger partial charge in [0.15, 0.2) is 0 Å². The number of carbonyl (C=O) groups excluding carboxylic acids is 1. The summed E-state index contributed by atoms with van der Waals surface area (Å²) < 4.78 is 34.7. The second-order valence-corrected chi connectivity index (χ2v) is 18.9. The van der Waals surface area contributed by atoms with Crippen molar-refractivity contribution in [3.8, 4) is 0 Å². The van der Waals surface area contributed by atoms with Crippen molar-refractivity contribution in [3.63, 3.8) is 0 Å². The van der Waals surface area contributed by atoms with Crippen LogP contribution in [-0.2, 0) is 27.9 Å². The zero-order valence-corrected chi connectivity index (χ0v) is 39.6. The first-order valence-corrected chi connectivity index (χ1v) is 25.7. The van der Waals surface area contributed by atoms with Gasteiger partial charge in [-0.2, -0.15) is 0 Å². The van der Waals surface area contributed by atoms with Crippen molar-refractivity contribution in [3.05, 3.63) is 36.5 Å². The first kappa shape index (κ1) is 56.7. The Kier molecular flexibility index (Phi) is 41.5. The summed E-state index contributed by atoms with van der Waals surface area (Å²) in [6.45, 7) is 5.39. The lowest BCUT2D eigenvalue weighted by Gasteiger charge is -2.28. The minimum absolute atomic E-state index is 0.0242. The number of esters is 1. The first-order valence-electron chi connectivity index (χ1n) is 24.2. The topological polar surface area (TPSA) is 94.1 Å². The van der Waals surface area contributed by atoms with Gasteiger partial charge in [0.2, 0.25) is 0 Å². The van der Waals surface area contributed by atoms with Crippen LogP contribution in [0.3, 0.4) is 0 Å². The number of hydrogen-bond donors (Lipinski definition) is 0. The van der Waals surface area contributed by atoms with Crippen molar-refractivity contribution < 1.29 is 37.3 Å². The molecule has 0 N–H and O–H groups in total. The molecule has 0 bridgehead atoms. The number of nitrogens with zero attached hydrogens (tertiary/aromatic N) is 1. The van der Waals surface area contributed by atoms with Gasteiger partial charge in [-0.15, -0.1) is 0 Å². The standard InChI is InChI=1S/C49H94NO7P/c1-6-8-10-12-14-16-18-20-22-23-24-25-26-27-28-30-32-34-36-38-40-42-49(51)57-48(47-56-58(52,53)55-45-43-50(3,4)5)46-54-44-41-39-37-35-33-31-29-21-19-17-15-13-11-9-7-2/h18-21,23-24,48H,6-17,22,25-47H2,1-5H3/b20-18-,21-19-,24-23-. The molecule has 0 aliphatic carbocycles. The van der Waals surface area contributed by atoms with E-state index >= 15 is 0 Å². The van der Waals surface area contributed by atoms with Crippen LogP contribution < -0.4 is 4.89 Å². The van der Waals surface area contributed by atoms with E-state index in [4.69, 9.17) is 18.5 Å². The van der Waals surface area contributed by atoms with Crippen molar-refractivity contribution >= 4 is 13.8 Å². The predicted octanol–water partition coefficient (Wildman–Crippen LogP) is 13.9. The van der Waals surface area contributed by atoms with E-state index in [2.05, 4.69) is 50.3 Å². The van der Waals surface area contributed by atoms with Gasteiger partial charge in [0.25, 0.3) is 7.82 Å². The van der Waals surface area contributed by atoms with E-state index in [1.165, 1.54) is 154 Å². The van der Waals surface area contributed by atoms with Crippen LogP contribution in [0.15, 0.2) is 36.5 Å². The summed E-state index contributed by atoms with van der Waals surface area (Å²) in [5.41, 5.74) is 0. The third kappa shape index (κ3) is 45.8. The number of phosphoric acid groups is 1. The van der Waals surface area contributed by atoms with E-state index in [0.29, 0.717) is 24.1 Å². The molecule has 2 atom stereocenters. The molecule has 0 spiro atoms. The molecule has 0 heterocycles. The first-order chi connectivity index (χ1) is 28.1. The van der Waals surface area contributed by atoms with Crippen LogP contribution in [0.2, 0.25) is 0 Å². The fourth-order valence-electron chi connectivity index (χ4n) is 6.63. The molecule has 58 heavy (non-hydrogen) atoms. The number of carbonyl (C=O) groups is 1. The molecule has 0 radical (unpaired) electrons. The maximum absolute atomic E-state index is 12.7. The van der Waals surface area contributed by atoms with Gasteiger partial charge in [-0.05, 0) is 70.6 Å². The SMILES string of the molecule is CCCCCCC/C=C\C/C=C\CCCCCCCCCCCC(=O)OC(COCCCCCCCC/C=C\CCCCCCC)COP(=O)([O-])OCC[N+](C)(C)C. The van der Waals surface area contributed by atoms with E-state index in [1.54, 1.807) is 0 Å². The van der Waals surface area contributed by atoms with Gasteiger partial charge < -0.3 is 27.9 Å². The van der Waals surface area contributed by atoms with Crippen LogP contribution >= 0.6 is 7.82 Å². The molecule has 0 saturated heterocycles. The third-order valence-electron chi connectivity index (χ3n) is 10.4. The lowest BCUT2D eigenvalue weighted by Crippen LogP contribution is -2.37. The number of ether oxygens (including phenoxy) is 2. The number of unbranched alkanes of at least 4 members (excludes halogenated alkanes) is 25. The Hall–Kier alpha value is -1.28. The summed E-state index contributed by atoms with van der Waals surface area (Å²) in [6.07, 6.45) is 50.1. The Balaban J connectivity index is 4.18. The average Bonchev–Trinajstić information content (AvgIpc) is 3.18. The van der Waals surface area contributed by atoms with E-state index in [1.807, 2.05) is 21.1 Å². The number of rotatable bonds is 45. The second-order valence-electron chi connectivity index (χ2n) is 17.5. The highest BCUT2D eigenvalue weighted by atomic mass is 31.2. The number of allylic oxidation sites excluding steroid dienone is 6. The van der Waals surface area contributed by atoms with Gasteiger partial charge in [0, 0.05) is 13.0 Å². The highest BCUT2D eigenvalue weighted by Crippen LogP contribution is 2.38. The van der Waals surface area contributed by atoms with Crippen LogP contribution in [0.5, 0.6) is 0 Å². The Morgan fingerprint density at radius 3 is 1.41 bits per heavy atom. The molecule has 0 amide bonds. The lowest BCUT2D eigenvalue weighted by atomic mass is 10.1. The lowest BCUT2D eigenvalue weighted by molar-refractivity contribution is -0.870. The quantitative estimate of drug-likeness (QED) is 0.0198. The molecule has 9 heteroatoms. The van der Waals surface area contributed by atoms with Gasteiger partial charge in [0.05, 0.1) is 34.4 Å². The number of likely N-dealkylation sites (N-methyl/N-ethyl adjacent to an activating group) is 1. The molecule has 0 aliphatic rings. The minimum atomic E-state index is -4.53. The normalized spacial score (nSPS) is 14.0. The molecular formula is C49H94NO7P. The second kappa shape index (κ2) is 42.4. The van der Waals surface area contributed by atoms with Crippen LogP contribution in [0.25, 0.3) is 0 Å². The van der Waals surface area contributed by atoms with Crippen molar-refractivity contribution in [1.82, 2.24) is 0 Å². The Morgan fingerprint density at radius 2 is 0.948 bits per heavy atom. The third-order valence-corrected chi connectivity index (χ3v) is 11.4. The highest BCUT2D eigenvalue weighted by molar-refractivity contribution is 7.45. The molecular weight excluding hydrogens is 746 g/mol. The summed E-state index contributed by atoms with van der Waals surface area (Å²) in [7, 11) is 1.35. The number of hydrogen-bond acceptors (Lipinski definition) is 7. The number of quaternary nitrogens is 1. The molecule has 0 aromatic heterocycles. The molecule has 0 rings (SSSR count). The minimum Gasteiger partial charge on any atom is -0.756 e. The van der Waals surface area contributed by atoms with Gasteiger partial charge in [-0.1, -0.05) is 172 Å². The molecule has 0 aromatic rings. The van der Waals surface area contributed by atoms with Gasteiger partial charge in [-0.3, -0.25) is 9.36 Å². The largest absolute Gasteiger partial charge is 0.756 e. The molecule has 0 fully saturated rings. The average molecular weight is 840 g/mol. The van der Waals surface area contributed by atoms with E-state index in [0.717, 1.165) is 38.5 Å². The van der Waals surface area contributed by atoms with Crippen LogP contribution in [0, 0.1) is 0 Å². The summed E-state index contributed by atoms with van der Waals surface area (Å²) in [4.78, 5) is 25.1.